The first-order chi connectivity index (χ1) is 9.74. The number of H-pyrrole nitrogens is 1. The number of hydrogen-bond acceptors (Lipinski definition) is 3. The van der Waals surface area contributed by atoms with Gasteiger partial charge >= 0.3 is 0 Å². The Bertz CT molecular complexity index is 588. The predicted octanol–water partition coefficient (Wildman–Crippen LogP) is 2.39. The molecule has 0 fully saturated rings. The highest BCUT2D eigenvalue weighted by Crippen LogP contribution is 2.26. The molecule has 4 nitrogen and oxygen atoms in total. The molecule has 2 heterocycles. The molecule has 0 saturated carbocycles. The van der Waals surface area contributed by atoms with E-state index < -0.39 is 0 Å². The smallest absolute Gasteiger partial charge is 0.0535 e. The molecule has 0 radical (unpaired) electrons. The molecule has 1 aliphatic heterocycles. The minimum Gasteiger partial charge on any atom is -0.374 e. The molecule has 1 aromatic heterocycles. The van der Waals surface area contributed by atoms with Crippen molar-refractivity contribution in [3.05, 3.63) is 46.8 Å². The monoisotopic (exact) mass is 270 g/mol. The van der Waals surface area contributed by atoms with E-state index in [-0.39, 0.29) is 0 Å². The number of hydrogen-bond donors (Lipinski definition) is 2. The van der Waals surface area contributed by atoms with Crippen molar-refractivity contribution in [1.82, 2.24) is 15.5 Å². The Morgan fingerprint density at radius 2 is 2.25 bits per heavy atom. The molecule has 20 heavy (non-hydrogen) atoms. The number of aryl methyl sites for hydroxylation is 2. The molecule has 0 bridgehead atoms. The number of nitrogens with one attached hydrogen (secondary N) is 2. The van der Waals surface area contributed by atoms with Crippen LogP contribution in [0.15, 0.2) is 24.4 Å². The highest BCUT2D eigenvalue weighted by Gasteiger charge is 2.13. The van der Waals surface area contributed by atoms with E-state index in [9.17, 15) is 0 Å². The van der Waals surface area contributed by atoms with Crippen LogP contribution >= 0.6 is 0 Å². The number of aromatic amines is 1. The van der Waals surface area contributed by atoms with Gasteiger partial charge in [-0.05, 0) is 37.0 Å². The van der Waals surface area contributed by atoms with Gasteiger partial charge in [0.2, 0.25) is 0 Å². The van der Waals surface area contributed by atoms with Crippen molar-refractivity contribution in [1.29, 1.82) is 0 Å². The molecular weight excluding hydrogens is 248 g/mol. The van der Waals surface area contributed by atoms with Crippen LogP contribution in [-0.2, 0) is 19.5 Å². The lowest BCUT2D eigenvalue weighted by Crippen LogP contribution is -2.24. The minimum atomic E-state index is 0.860. The average molecular weight is 270 g/mol. The molecule has 3 rings (SSSR count). The largest absolute Gasteiger partial charge is 0.374 e. The Balaban J connectivity index is 1.62. The molecule has 1 aliphatic rings. The zero-order valence-electron chi connectivity index (χ0n) is 12.2. The highest BCUT2D eigenvalue weighted by molar-refractivity contribution is 5.56. The first kappa shape index (κ1) is 13.2. The van der Waals surface area contributed by atoms with Gasteiger partial charge in [-0.25, -0.2) is 0 Å². The quantitative estimate of drug-likeness (QED) is 0.896. The van der Waals surface area contributed by atoms with Gasteiger partial charge < -0.3 is 10.2 Å². The van der Waals surface area contributed by atoms with Gasteiger partial charge in [-0.1, -0.05) is 12.1 Å². The number of nitrogens with zero attached hydrogens (tertiary/aromatic N) is 2. The van der Waals surface area contributed by atoms with Crippen molar-refractivity contribution in [3.8, 4) is 0 Å². The second-order valence-electron chi connectivity index (χ2n) is 5.61. The molecule has 0 spiro atoms. The van der Waals surface area contributed by atoms with Gasteiger partial charge in [0.05, 0.1) is 6.20 Å². The summed E-state index contributed by atoms with van der Waals surface area (Å²) in [7, 11) is 2.18. The summed E-state index contributed by atoms with van der Waals surface area (Å²) in [4.78, 5) is 2.35. The van der Waals surface area contributed by atoms with Crippen LogP contribution in [0.4, 0.5) is 5.69 Å². The van der Waals surface area contributed by atoms with E-state index in [1.165, 1.54) is 41.8 Å². The molecule has 0 atom stereocenters. The van der Waals surface area contributed by atoms with Crippen LogP contribution in [0.25, 0.3) is 0 Å². The van der Waals surface area contributed by atoms with Crippen molar-refractivity contribution in [2.24, 2.45) is 0 Å². The summed E-state index contributed by atoms with van der Waals surface area (Å²) in [6, 6.07) is 6.84. The maximum atomic E-state index is 4.04. The topological polar surface area (TPSA) is 44.0 Å². The Morgan fingerprint density at radius 1 is 1.35 bits per heavy atom. The van der Waals surface area contributed by atoms with Crippen LogP contribution in [0.1, 0.15) is 28.8 Å². The van der Waals surface area contributed by atoms with Gasteiger partial charge in [0.15, 0.2) is 0 Å². The Labute approximate surface area is 120 Å². The Kier molecular flexibility index (Phi) is 3.74. The number of rotatable bonds is 4. The molecule has 0 aliphatic carbocycles. The van der Waals surface area contributed by atoms with Crippen LogP contribution in [0.3, 0.4) is 0 Å². The van der Waals surface area contributed by atoms with Crippen LogP contribution in [0, 0.1) is 6.92 Å². The molecule has 106 valence electrons. The van der Waals surface area contributed by atoms with E-state index in [0.29, 0.717) is 0 Å². The van der Waals surface area contributed by atoms with Gasteiger partial charge in [-0.3, -0.25) is 5.10 Å². The summed E-state index contributed by atoms with van der Waals surface area (Å²) in [5.74, 6) is 0. The van der Waals surface area contributed by atoms with Gasteiger partial charge in [-0.2, -0.15) is 5.10 Å². The summed E-state index contributed by atoms with van der Waals surface area (Å²) in [6.45, 7) is 4.99. The van der Waals surface area contributed by atoms with E-state index in [2.05, 4.69) is 52.6 Å². The standard InChI is InChI=1S/C16H22N4/c1-12-15(11-18-19-12)10-17-9-13-5-6-16-14(8-13)4-3-7-20(16)2/h5-6,8,11,17H,3-4,7,9-10H2,1-2H3,(H,18,19). The normalized spacial score (nSPS) is 14.4. The molecule has 1 aromatic carbocycles. The van der Waals surface area contributed by atoms with E-state index in [0.717, 1.165) is 18.8 Å². The third kappa shape index (κ3) is 2.70. The molecule has 0 unspecified atom stereocenters. The highest BCUT2D eigenvalue weighted by atomic mass is 15.1. The summed E-state index contributed by atoms with van der Waals surface area (Å²) in [5, 5.41) is 10.5. The third-order valence-corrected chi connectivity index (χ3v) is 4.07. The maximum Gasteiger partial charge on any atom is 0.0535 e. The molecular formula is C16H22N4. The maximum absolute atomic E-state index is 4.04. The fourth-order valence-corrected chi connectivity index (χ4v) is 2.84. The SMILES string of the molecule is Cc1[nH]ncc1CNCc1ccc2c(c1)CCCN2C. The number of fused-ring (bicyclic) bond motifs is 1. The van der Waals surface area contributed by atoms with E-state index >= 15 is 0 Å². The number of aromatic nitrogens is 2. The lowest BCUT2D eigenvalue weighted by Gasteiger charge is -2.27. The predicted molar refractivity (Wildman–Crippen MR) is 81.9 cm³/mol. The van der Waals surface area contributed by atoms with Crippen molar-refractivity contribution < 1.29 is 0 Å². The van der Waals surface area contributed by atoms with Crippen LogP contribution in [-0.4, -0.2) is 23.8 Å². The zero-order valence-corrected chi connectivity index (χ0v) is 12.2. The Morgan fingerprint density at radius 3 is 3.05 bits per heavy atom. The first-order valence-corrected chi connectivity index (χ1v) is 7.26. The second kappa shape index (κ2) is 5.67. The number of benzene rings is 1. The van der Waals surface area contributed by atoms with E-state index in [4.69, 9.17) is 0 Å². The summed E-state index contributed by atoms with van der Waals surface area (Å²) in [6.07, 6.45) is 4.35. The summed E-state index contributed by atoms with van der Waals surface area (Å²) in [5.41, 5.74) is 6.62. The average Bonchev–Trinajstić information content (AvgIpc) is 2.85. The summed E-state index contributed by atoms with van der Waals surface area (Å²) < 4.78 is 0. The van der Waals surface area contributed by atoms with Gasteiger partial charge in [0, 0.05) is 43.6 Å². The van der Waals surface area contributed by atoms with Gasteiger partial charge in [0.1, 0.15) is 0 Å². The van der Waals surface area contributed by atoms with E-state index in [1.807, 2.05) is 6.20 Å². The molecule has 2 N–H and O–H groups in total. The van der Waals surface area contributed by atoms with Crippen molar-refractivity contribution >= 4 is 5.69 Å². The lowest BCUT2D eigenvalue weighted by atomic mass is 9.99. The fourth-order valence-electron chi connectivity index (χ4n) is 2.84. The molecule has 0 amide bonds. The summed E-state index contributed by atoms with van der Waals surface area (Å²) >= 11 is 0. The minimum absolute atomic E-state index is 0.860. The number of anilines is 1. The zero-order chi connectivity index (χ0) is 13.9. The van der Waals surface area contributed by atoms with Crippen molar-refractivity contribution in [2.75, 3.05) is 18.5 Å². The van der Waals surface area contributed by atoms with Gasteiger partial charge in [0.25, 0.3) is 0 Å². The van der Waals surface area contributed by atoms with Crippen molar-refractivity contribution in [2.45, 2.75) is 32.9 Å². The van der Waals surface area contributed by atoms with Crippen LogP contribution < -0.4 is 10.2 Å². The molecule has 4 heteroatoms. The second-order valence-corrected chi connectivity index (χ2v) is 5.61. The van der Waals surface area contributed by atoms with E-state index in [1.54, 1.807) is 0 Å². The first-order valence-electron chi connectivity index (χ1n) is 7.26. The third-order valence-electron chi connectivity index (χ3n) is 4.07. The molecule has 0 saturated heterocycles. The van der Waals surface area contributed by atoms with Gasteiger partial charge in [-0.15, -0.1) is 0 Å². The Hall–Kier alpha value is -1.81. The fraction of sp³-hybridized carbons (Fsp3) is 0.438. The van der Waals surface area contributed by atoms with Crippen molar-refractivity contribution in [3.63, 3.8) is 0 Å². The van der Waals surface area contributed by atoms with Crippen LogP contribution in [0.2, 0.25) is 0 Å². The van der Waals surface area contributed by atoms with Crippen LogP contribution in [0.5, 0.6) is 0 Å². The lowest BCUT2D eigenvalue weighted by molar-refractivity contribution is 0.687. The molecule has 2 aromatic rings.